The first-order valence-electron chi connectivity index (χ1n) is 5.43. The molecule has 0 amide bonds. The van der Waals surface area contributed by atoms with Crippen molar-refractivity contribution in [2.24, 2.45) is 0 Å². The first-order valence-corrected chi connectivity index (χ1v) is 5.43. The van der Waals surface area contributed by atoms with Crippen molar-refractivity contribution in [2.75, 3.05) is 13.2 Å². The third kappa shape index (κ3) is 11.6. The molecule has 0 unspecified atom stereocenters. The molecule has 0 fully saturated rings. The Morgan fingerprint density at radius 3 is 2.38 bits per heavy atom. The Morgan fingerprint density at radius 2 is 1.69 bits per heavy atom. The summed E-state index contributed by atoms with van der Waals surface area (Å²) in [5.74, 6) is 0. The first-order chi connectivity index (χ1) is 6.41. The fourth-order valence-electron chi connectivity index (χ4n) is 1.13. The van der Waals surface area contributed by atoms with Crippen molar-refractivity contribution in [3.05, 3.63) is 0 Å². The van der Waals surface area contributed by atoms with Gasteiger partial charge in [-0.05, 0) is 19.3 Å². The van der Waals surface area contributed by atoms with E-state index in [9.17, 15) is 4.79 Å². The summed E-state index contributed by atoms with van der Waals surface area (Å²) in [6.45, 7) is 3.97. The van der Waals surface area contributed by atoms with E-state index in [4.69, 9.17) is 4.74 Å². The van der Waals surface area contributed by atoms with Crippen LogP contribution in [0, 0.1) is 0 Å². The second-order valence-corrected chi connectivity index (χ2v) is 3.34. The number of rotatable bonds is 10. The van der Waals surface area contributed by atoms with Crippen LogP contribution in [0.4, 0.5) is 0 Å². The van der Waals surface area contributed by atoms with Crippen LogP contribution in [-0.4, -0.2) is 19.5 Å². The molecule has 0 heterocycles. The average Bonchev–Trinajstić information content (AvgIpc) is 2.16. The molecule has 78 valence electrons. The van der Waals surface area contributed by atoms with Gasteiger partial charge in [-0.3, -0.25) is 0 Å². The van der Waals surface area contributed by atoms with E-state index in [0.29, 0.717) is 0 Å². The minimum Gasteiger partial charge on any atom is -0.381 e. The molecule has 0 aromatic rings. The van der Waals surface area contributed by atoms with Gasteiger partial charge in [0.1, 0.15) is 6.29 Å². The minimum absolute atomic E-state index is 0.719. The van der Waals surface area contributed by atoms with Gasteiger partial charge in [-0.1, -0.05) is 26.2 Å². The van der Waals surface area contributed by atoms with E-state index in [1.807, 2.05) is 0 Å². The maximum atomic E-state index is 9.99. The summed E-state index contributed by atoms with van der Waals surface area (Å²) in [4.78, 5) is 9.99. The summed E-state index contributed by atoms with van der Waals surface area (Å²) in [6.07, 6.45) is 8.63. The van der Waals surface area contributed by atoms with Crippen molar-refractivity contribution in [1.29, 1.82) is 0 Å². The summed E-state index contributed by atoms with van der Waals surface area (Å²) in [7, 11) is 0. The van der Waals surface area contributed by atoms with Gasteiger partial charge in [0.05, 0.1) is 0 Å². The number of unbranched alkanes of at least 4 members (excludes halogenated alkanes) is 5. The zero-order valence-electron chi connectivity index (χ0n) is 8.76. The molecule has 0 aromatic carbocycles. The predicted molar refractivity (Wildman–Crippen MR) is 54.9 cm³/mol. The maximum absolute atomic E-state index is 9.99. The molecule has 2 heteroatoms. The molecule has 0 saturated heterocycles. The lowest BCUT2D eigenvalue weighted by Gasteiger charge is -2.02. The minimum atomic E-state index is 0.719. The molecular weight excluding hydrogens is 164 g/mol. The second-order valence-electron chi connectivity index (χ2n) is 3.34. The van der Waals surface area contributed by atoms with E-state index in [0.717, 1.165) is 45.2 Å². The lowest BCUT2D eigenvalue weighted by Crippen LogP contribution is -1.96. The highest BCUT2D eigenvalue weighted by Crippen LogP contribution is 2.02. The topological polar surface area (TPSA) is 26.3 Å². The van der Waals surface area contributed by atoms with E-state index < -0.39 is 0 Å². The smallest absolute Gasteiger partial charge is 0.119 e. The highest BCUT2D eigenvalue weighted by molar-refractivity contribution is 5.48. The molecule has 0 aliphatic rings. The van der Waals surface area contributed by atoms with Gasteiger partial charge < -0.3 is 9.53 Å². The molecule has 0 saturated carbocycles. The van der Waals surface area contributed by atoms with Crippen molar-refractivity contribution in [2.45, 2.75) is 51.9 Å². The fraction of sp³-hybridized carbons (Fsp3) is 0.909. The Labute approximate surface area is 81.7 Å². The normalized spacial score (nSPS) is 10.2. The average molecular weight is 186 g/mol. The van der Waals surface area contributed by atoms with E-state index in [-0.39, 0.29) is 0 Å². The summed E-state index contributed by atoms with van der Waals surface area (Å²) < 4.78 is 5.41. The van der Waals surface area contributed by atoms with Gasteiger partial charge in [0.2, 0.25) is 0 Å². The van der Waals surface area contributed by atoms with Crippen LogP contribution in [0.25, 0.3) is 0 Å². The largest absolute Gasteiger partial charge is 0.381 e. The number of ether oxygens (including phenoxy) is 1. The second kappa shape index (κ2) is 11.6. The summed E-state index contributed by atoms with van der Waals surface area (Å²) in [5, 5.41) is 0. The first kappa shape index (κ1) is 12.6. The summed E-state index contributed by atoms with van der Waals surface area (Å²) in [6, 6.07) is 0. The Morgan fingerprint density at radius 1 is 1.00 bits per heavy atom. The standard InChI is InChI=1S/C11H22O2/c1-2-3-10-13-11-8-6-4-5-7-9-12/h9H,2-8,10-11H2,1H3. The molecule has 0 N–H and O–H groups in total. The molecule has 0 bridgehead atoms. The molecular formula is C11H22O2. The molecule has 0 aliphatic heterocycles. The number of hydrogen-bond donors (Lipinski definition) is 0. The van der Waals surface area contributed by atoms with Gasteiger partial charge in [0.15, 0.2) is 0 Å². The summed E-state index contributed by atoms with van der Waals surface area (Å²) >= 11 is 0. The number of carbonyl (C=O) groups excluding carboxylic acids is 1. The Bertz CT molecular complexity index is 102. The van der Waals surface area contributed by atoms with E-state index in [2.05, 4.69) is 6.92 Å². The number of carbonyl (C=O) groups is 1. The monoisotopic (exact) mass is 186 g/mol. The van der Waals surface area contributed by atoms with Gasteiger partial charge in [-0.2, -0.15) is 0 Å². The van der Waals surface area contributed by atoms with Gasteiger partial charge in [-0.15, -0.1) is 0 Å². The van der Waals surface area contributed by atoms with Gasteiger partial charge >= 0.3 is 0 Å². The van der Waals surface area contributed by atoms with Gasteiger partial charge in [-0.25, -0.2) is 0 Å². The van der Waals surface area contributed by atoms with E-state index in [1.165, 1.54) is 19.3 Å². The molecule has 0 spiro atoms. The third-order valence-corrected chi connectivity index (χ3v) is 2.00. The number of hydrogen-bond acceptors (Lipinski definition) is 2. The van der Waals surface area contributed by atoms with Crippen LogP contribution in [-0.2, 0) is 9.53 Å². The molecule has 13 heavy (non-hydrogen) atoms. The van der Waals surface area contributed by atoms with Crippen molar-refractivity contribution in [3.8, 4) is 0 Å². The van der Waals surface area contributed by atoms with E-state index in [1.54, 1.807) is 0 Å². The highest BCUT2D eigenvalue weighted by atomic mass is 16.5. The molecule has 0 aliphatic carbocycles. The van der Waals surface area contributed by atoms with Crippen LogP contribution >= 0.6 is 0 Å². The molecule has 0 aromatic heterocycles. The third-order valence-electron chi connectivity index (χ3n) is 2.00. The van der Waals surface area contributed by atoms with Gasteiger partial charge in [0, 0.05) is 19.6 Å². The fourth-order valence-corrected chi connectivity index (χ4v) is 1.13. The molecule has 0 radical (unpaired) electrons. The SMILES string of the molecule is CCCCOCCCCCCC=O. The van der Waals surface area contributed by atoms with Crippen LogP contribution in [0.1, 0.15) is 51.9 Å². The van der Waals surface area contributed by atoms with Crippen LogP contribution in [0.2, 0.25) is 0 Å². The Kier molecular flexibility index (Phi) is 11.3. The number of aldehydes is 1. The zero-order chi connectivity index (χ0) is 9.78. The molecule has 2 nitrogen and oxygen atoms in total. The van der Waals surface area contributed by atoms with Crippen LogP contribution in [0.5, 0.6) is 0 Å². The lowest BCUT2D eigenvalue weighted by molar-refractivity contribution is -0.107. The Balaban J connectivity index is 2.79. The Hall–Kier alpha value is -0.370. The van der Waals surface area contributed by atoms with Crippen LogP contribution < -0.4 is 0 Å². The van der Waals surface area contributed by atoms with Crippen LogP contribution in [0.15, 0.2) is 0 Å². The molecule has 0 atom stereocenters. The predicted octanol–water partition coefficient (Wildman–Crippen LogP) is 2.95. The lowest BCUT2D eigenvalue weighted by atomic mass is 10.2. The highest BCUT2D eigenvalue weighted by Gasteiger charge is 1.90. The van der Waals surface area contributed by atoms with Gasteiger partial charge in [0.25, 0.3) is 0 Å². The summed E-state index contributed by atoms with van der Waals surface area (Å²) in [5.41, 5.74) is 0. The maximum Gasteiger partial charge on any atom is 0.119 e. The zero-order valence-corrected chi connectivity index (χ0v) is 8.76. The molecule has 0 rings (SSSR count). The van der Waals surface area contributed by atoms with Crippen molar-refractivity contribution in [3.63, 3.8) is 0 Å². The quantitative estimate of drug-likeness (QED) is 0.387. The van der Waals surface area contributed by atoms with Crippen molar-refractivity contribution in [1.82, 2.24) is 0 Å². The van der Waals surface area contributed by atoms with Crippen molar-refractivity contribution >= 4 is 6.29 Å². The van der Waals surface area contributed by atoms with Crippen molar-refractivity contribution < 1.29 is 9.53 Å². The van der Waals surface area contributed by atoms with Crippen LogP contribution in [0.3, 0.4) is 0 Å². The van der Waals surface area contributed by atoms with E-state index >= 15 is 0 Å².